The van der Waals surface area contributed by atoms with Crippen LogP contribution in [0, 0.1) is 0 Å². The Morgan fingerprint density at radius 1 is 0.929 bits per heavy atom. The molecule has 3 aromatic heterocycles. The van der Waals surface area contributed by atoms with Crippen LogP contribution in [-0.2, 0) is 13.1 Å². The summed E-state index contributed by atoms with van der Waals surface area (Å²) >= 11 is 0. The van der Waals surface area contributed by atoms with E-state index in [-0.39, 0.29) is 5.92 Å². The van der Waals surface area contributed by atoms with Crippen LogP contribution in [-0.4, -0.2) is 24.8 Å². The Kier molecular flexibility index (Phi) is 5.14. The normalized spacial score (nSPS) is 11.1. The van der Waals surface area contributed by atoms with E-state index < -0.39 is 0 Å². The van der Waals surface area contributed by atoms with Crippen molar-refractivity contribution in [2.24, 2.45) is 0 Å². The van der Waals surface area contributed by atoms with Crippen LogP contribution in [0.2, 0.25) is 0 Å². The van der Waals surface area contributed by atoms with Crippen LogP contribution in [0.5, 0.6) is 0 Å². The second-order valence-corrected chi connectivity index (χ2v) is 6.95. The number of hydrogen-bond donors (Lipinski definition) is 2. The predicted molar refractivity (Wildman–Crippen MR) is 110 cm³/mol. The summed E-state index contributed by atoms with van der Waals surface area (Å²) in [4.78, 5) is 4.16. The van der Waals surface area contributed by atoms with E-state index in [1.54, 1.807) is 6.20 Å². The first-order valence-corrected chi connectivity index (χ1v) is 9.37. The Labute approximate surface area is 163 Å². The number of rotatable bonds is 7. The van der Waals surface area contributed by atoms with Gasteiger partial charge in [0.25, 0.3) is 0 Å². The quantitative estimate of drug-likeness (QED) is 0.512. The number of nitrogens with one attached hydrogen (secondary N) is 2. The van der Waals surface area contributed by atoms with Gasteiger partial charge >= 0.3 is 0 Å². The van der Waals surface area contributed by atoms with Crippen LogP contribution in [0.3, 0.4) is 0 Å². The predicted octanol–water partition coefficient (Wildman–Crippen LogP) is 3.87. The van der Waals surface area contributed by atoms with Gasteiger partial charge in [0.15, 0.2) is 5.82 Å². The summed E-state index contributed by atoms with van der Waals surface area (Å²) in [5.74, 6) is 1.81. The van der Waals surface area contributed by atoms with Crippen molar-refractivity contribution in [1.82, 2.24) is 24.8 Å². The van der Waals surface area contributed by atoms with Crippen molar-refractivity contribution < 1.29 is 0 Å². The molecule has 0 aliphatic heterocycles. The Balaban J connectivity index is 1.64. The number of nitrogens with zero attached hydrogens (tertiary/aromatic N) is 5. The molecule has 4 rings (SSSR count). The van der Waals surface area contributed by atoms with E-state index in [0.29, 0.717) is 13.1 Å². The molecule has 0 radical (unpaired) electrons. The molecule has 3 heterocycles. The van der Waals surface area contributed by atoms with Crippen LogP contribution in [0.1, 0.15) is 36.7 Å². The maximum absolute atomic E-state index is 4.71. The van der Waals surface area contributed by atoms with Crippen molar-refractivity contribution in [2.75, 3.05) is 10.6 Å². The van der Waals surface area contributed by atoms with E-state index in [2.05, 4.69) is 51.8 Å². The molecule has 0 fully saturated rings. The third kappa shape index (κ3) is 3.93. The maximum Gasteiger partial charge on any atom is 0.201 e. The molecule has 7 heteroatoms. The first-order valence-electron chi connectivity index (χ1n) is 9.37. The number of benzene rings is 1. The zero-order valence-corrected chi connectivity index (χ0v) is 16.0. The SMILES string of the molecule is CC(C)c1nnc2c(NCc3ccccc3)cc(NCc3cccnc3)nn12. The Morgan fingerprint density at radius 2 is 1.71 bits per heavy atom. The third-order valence-electron chi connectivity index (χ3n) is 4.43. The Hall–Kier alpha value is -3.48. The molecule has 0 saturated carbocycles. The van der Waals surface area contributed by atoms with Crippen LogP contribution in [0.25, 0.3) is 5.65 Å². The van der Waals surface area contributed by atoms with Gasteiger partial charge in [-0.1, -0.05) is 50.2 Å². The topological polar surface area (TPSA) is 80.0 Å². The first kappa shape index (κ1) is 17.9. The van der Waals surface area contributed by atoms with Crippen molar-refractivity contribution >= 4 is 17.2 Å². The summed E-state index contributed by atoms with van der Waals surface area (Å²) in [7, 11) is 0. The molecule has 0 amide bonds. The fraction of sp³-hybridized carbons (Fsp3) is 0.238. The molecule has 0 saturated heterocycles. The minimum Gasteiger partial charge on any atom is -0.378 e. The number of anilines is 2. The van der Waals surface area contributed by atoms with Crippen LogP contribution in [0.15, 0.2) is 60.9 Å². The minimum atomic E-state index is 0.220. The molecule has 28 heavy (non-hydrogen) atoms. The zero-order chi connectivity index (χ0) is 19.3. The Bertz CT molecular complexity index is 1040. The molecule has 1 aromatic carbocycles. The van der Waals surface area contributed by atoms with Crippen LogP contribution < -0.4 is 10.6 Å². The molecule has 142 valence electrons. The van der Waals surface area contributed by atoms with Gasteiger partial charge in [0.2, 0.25) is 5.65 Å². The lowest BCUT2D eigenvalue weighted by Gasteiger charge is -2.12. The van der Waals surface area contributed by atoms with Gasteiger partial charge in [-0.2, -0.15) is 4.52 Å². The first-order chi connectivity index (χ1) is 13.7. The Morgan fingerprint density at radius 3 is 2.46 bits per heavy atom. The molecule has 4 aromatic rings. The number of hydrogen-bond acceptors (Lipinski definition) is 6. The van der Waals surface area contributed by atoms with Crippen molar-refractivity contribution in [3.63, 3.8) is 0 Å². The lowest BCUT2D eigenvalue weighted by atomic mass is 10.2. The monoisotopic (exact) mass is 373 g/mol. The number of pyridine rings is 1. The van der Waals surface area contributed by atoms with Gasteiger partial charge in [0.1, 0.15) is 5.82 Å². The van der Waals surface area contributed by atoms with Crippen molar-refractivity contribution in [1.29, 1.82) is 0 Å². The van der Waals surface area contributed by atoms with E-state index in [1.807, 2.05) is 47.1 Å². The highest BCUT2D eigenvalue weighted by Gasteiger charge is 2.15. The van der Waals surface area contributed by atoms with Gasteiger partial charge in [-0.3, -0.25) is 4.98 Å². The van der Waals surface area contributed by atoms with Crippen molar-refractivity contribution in [3.8, 4) is 0 Å². The van der Waals surface area contributed by atoms with Gasteiger partial charge in [0.05, 0.1) is 5.69 Å². The summed E-state index contributed by atoms with van der Waals surface area (Å²) in [5, 5.41) is 20.3. The van der Waals surface area contributed by atoms with E-state index in [4.69, 9.17) is 5.10 Å². The largest absolute Gasteiger partial charge is 0.378 e. The lowest BCUT2D eigenvalue weighted by Crippen LogP contribution is -2.09. The maximum atomic E-state index is 4.71. The summed E-state index contributed by atoms with van der Waals surface area (Å²) in [6, 6.07) is 16.2. The van der Waals surface area contributed by atoms with E-state index in [0.717, 1.165) is 28.5 Å². The average Bonchev–Trinajstić information content (AvgIpc) is 3.16. The summed E-state index contributed by atoms with van der Waals surface area (Å²) in [6.07, 6.45) is 3.61. The fourth-order valence-corrected chi connectivity index (χ4v) is 2.96. The molecule has 0 aliphatic rings. The smallest absolute Gasteiger partial charge is 0.201 e. The number of aromatic nitrogens is 5. The molecule has 2 N–H and O–H groups in total. The molecular formula is C21H23N7. The second-order valence-electron chi connectivity index (χ2n) is 6.95. The molecular weight excluding hydrogens is 350 g/mol. The van der Waals surface area contributed by atoms with E-state index >= 15 is 0 Å². The highest BCUT2D eigenvalue weighted by Crippen LogP contribution is 2.23. The highest BCUT2D eigenvalue weighted by atomic mass is 15.4. The summed E-state index contributed by atoms with van der Waals surface area (Å²) in [6.45, 7) is 5.52. The van der Waals surface area contributed by atoms with E-state index in [9.17, 15) is 0 Å². The standard InChI is InChI=1S/C21H23N7/c1-15(2)20-25-26-21-18(23-13-16-7-4-3-5-8-16)11-19(27-28(20)21)24-14-17-9-6-10-22-12-17/h3-12,15,23H,13-14H2,1-2H3,(H,24,27). The summed E-state index contributed by atoms with van der Waals surface area (Å²) < 4.78 is 1.82. The van der Waals surface area contributed by atoms with Gasteiger partial charge < -0.3 is 10.6 Å². The highest BCUT2D eigenvalue weighted by molar-refractivity contribution is 5.70. The number of fused-ring (bicyclic) bond motifs is 1. The minimum absolute atomic E-state index is 0.220. The van der Waals surface area contributed by atoms with Crippen molar-refractivity contribution in [2.45, 2.75) is 32.9 Å². The zero-order valence-electron chi connectivity index (χ0n) is 16.0. The molecule has 0 unspecified atom stereocenters. The van der Waals surface area contributed by atoms with Gasteiger partial charge in [-0.15, -0.1) is 15.3 Å². The van der Waals surface area contributed by atoms with Crippen LogP contribution in [0.4, 0.5) is 11.5 Å². The second kappa shape index (κ2) is 8.04. The van der Waals surface area contributed by atoms with Gasteiger partial charge in [-0.05, 0) is 17.2 Å². The van der Waals surface area contributed by atoms with Crippen LogP contribution >= 0.6 is 0 Å². The van der Waals surface area contributed by atoms with Gasteiger partial charge in [0, 0.05) is 37.5 Å². The molecule has 0 bridgehead atoms. The molecule has 0 atom stereocenters. The van der Waals surface area contributed by atoms with Gasteiger partial charge in [-0.25, -0.2) is 0 Å². The molecule has 0 aliphatic carbocycles. The summed E-state index contributed by atoms with van der Waals surface area (Å²) in [5.41, 5.74) is 3.92. The van der Waals surface area contributed by atoms with E-state index in [1.165, 1.54) is 5.56 Å². The fourth-order valence-electron chi connectivity index (χ4n) is 2.96. The lowest BCUT2D eigenvalue weighted by molar-refractivity contribution is 0.721. The molecule has 0 spiro atoms. The average molecular weight is 373 g/mol. The third-order valence-corrected chi connectivity index (χ3v) is 4.43. The van der Waals surface area contributed by atoms with Crippen molar-refractivity contribution in [3.05, 3.63) is 77.9 Å². The molecule has 7 nitrogen and oxygen atoms in total.